The Kier molecular flexibility index (Phi) is 5.31. The van der Waals surface area contributed by atoms with E-state index < -0.39 is 0 Å². The molecule has 1 atom stereocenters. The van der Waals surface area contributed by atoms with Gasteiger partial charge >= 0.3 is 0 Å². The quantitative estimate of drug-likeness (QED) is 0.532. The zero-order valence-corrected chi connectivity index (χ0v) is 17.4. The average molecular weight is 425 g/mol. The topological polar surface area (TPSA) is 87.9 Å². The van der Waals surface area contributed by atoms with Crippen LogP contribution in [0.15, 0.2) is 36.7 Å². The molecule has 156 valence electrons. The largest absolute Gasteiger partial charge is 0.508 e. The lowest BCUT2D eigenvalue weighted by Crippen LogP contribution is -2.26. The van der Waals surface area contributed by atoms with Crippen molar-refractivity contribution < 1.29 is 5.11 Å². The van der Waals surface area contributed by atoms with Gasteiger partial charge in [0.15, 0.2) is 0 Å². The van der Waals surface area contributed by atoms with E-state index in [0.29, 0.717) is 17.0 Å². The molecule has 0 spiro atoms. The number of aromatic hydroxyl groups is 1. The van der Waals surface area contributed by atoms with Crippen molar-refractivity contribution in [3.8, 4) is 28.3 Å². The van der Waals surface area contributed by atoms with Crippen molar-refractivity contribution in [3.63, 3.8) is 0 Å². The summed E-state index contributed by atoms with van der Waals surface area (Å²) in [5.41, 5.74) is 3.20. The van der Waals surface area contributed by atoms with E-state index in [0.717, 1.165) is 54.5 Å². The first-order valence-electron chi connectivity index (χ1n) is 10.5. The van der Waals surface area contributed by atoms with Crippen LogP contribution in [0, 0.1) is 5.92 Å². The van der Waals surface area contributed by atoms with Crippen LogP contribution in [0.3, 0.4) is 0 Å². The van der Waals surface area contributed by atoms with Crippen LogP contribution in [0.2, 0.25) is 5.02 Å². The summed E-state index contributed by atoms with van der Waals surface area (Å²) < 4.78 is 1.96. The Morgan fingerprint density at radius 1 is 1.23 bits per heavy atom. The summed E-state index contributed by atoms with van der Waals surface area (Å²) in [5.74, 6) is 1.48. The van der Waals surface area contributed by atoms with Gasteiger partial charge in [0, 0.05) is 41.1 Å². The highest BCUT2D eigenvalue weighted by Gasteiger charge is 2.22. The van der Waals surface area contributed by atoms with E-state index in [1.54, 1.807) is 12.3 Å². The smallest absolute Gasteiger partial charge is 0.223 e. The second kappa shape index (κ2) is 8.24. The number of hydrogen-bond acceptors (Lipinski definition) is 6. The molecule has 8 heteroatoms. The molecule has 0 radical (unpaired) electrons. The van der Waals surface area contributed by atoms with E-state index >= 15 is 0 Å². The predicted octanol–water partition coefficient (Wildman–Crippen LogP) is 3.94. The van der Waals surface area contributed by atoms with Crippen LogP contribution < -0.4 is 10.6 Å². The van der Waals surface area contributed by atoms with Crippen molar-refractivity contribution >= 4 is 17.5 Å². The van der Waals surface area contributed by atoms with E-state index in [1.165, 1.54) is 25.3 Å². The van der Waals surface area contributed by atoms with Crippen LogP contribution in [0.5, 0.6) is 5.75 Å². The van der Waals surface area contributed by atoms with E-state index in [1.807, 2.05) is 23.0 Å². The number of hydrogen-bond donors (Lipinski definition) is 3. The maximum absolute atomic E-state index is 10.1. The highest BCUT2D eigenvalue weighted by atomic mass is 35.5. The zero-order chi connectivity index (χ0) is 20.5. The summed E-state index contributed by atoms with van der Waals surface area (Å²) in [6, 6.07) is 7.34. The number of nitrogens with one attached hydrogen (secondary N) is 2. The highest BCUT2D eigenvalue weighted by molar-refractivity contribution is 6.31. The van der Waals surface area contributed by atoms with Crippen LogP contribution >= 0.6 is 11.6 Å². The van der Waals surface area contributed by atoms with Gasteiger partial charge in [-0.05, 0) is 62.4 Å². The number of rotatable bonds is 7. The Bertz CT molecular complexity index is 1020. The van der Waals surface area contributed by atoms with Crippen molar-refractivity contribution in [2.45, 2.75) is 38.3 Å². The molecule has 5 rings (SSSR count). The normalized spacial score (nSPS) is 18.6. The average Bonchev–Trinajstić information content (AvgIpc) is 3.24. The predicted molar refractivity (Wildman–Crippen MR) is 118 cm³/mol. The minimum absolute atomic E-state index is 0.116. The summed E-state index contributed by atoms with van der Waals surface area (Å²) >= 11 is 6.20. The molecule has 0 amide bonds. The molecular weight excluding hydrogens is 400 g/mol. The molecule has 3 N–H and O–H groups in total. The van der Waals surface area contributed by atoms with Gasteiger partial charge in [-0.1, -0.05) is 11.6 Å². The molecule has 1 aromatic carbocycles. The molecule has 3 heterocycles. The summed E-state index contributed by atoms with van der Waals surface area (Å²) in [7, 11) is 0. The van der Waals surface area contributed by atoms with Gasteiger partial charge in [0.1, 0.15) is 11.4 Å². The first-order chi connectivity index (χ1) is 14.6. The highest BCUT2D eigenvalue weighted by Crippen LogP contribution is 2.34. The maximum atomic E-state index is 10.1. The SMILES string of the molecule is Oc1cc(Cl)cc(-c2nn(C[C@H]3CCCN3)cc2-c2ccnc(NCC3CC3)n2)c1. The van der Waals surface area contributed by atoms with Gasteiger partial charge in [0.25, 0.3) is 0 Å². The van der Waals surface area contributed by atoms with Crippen LogP contribution in [-0.2, 0) is 6.54 Å². The van der Waals surface area contributed by atoms with Gasteiger partial charge in [-0.2, -0.15) is 5.10 Å². The van der Waals surface area contributed by atoms with E-state index in [9.17, 15) is 5.11 Å². The van der Waals surface area contributed by atoms with Crippen molar-refractivity contribution in [1.82, 2.24) is 25.1 Å². The van der Waals surface area contributed by atoms with Crippen molar-refractivity contribution in [2.24, 2.45) is 5.92 Å². The maximum Gasteiger partial charge on any atom is 0.223 e. The molecule has 2 aromatic heterocycles. The number of nitrogens with zero attached hydrogens (tertiary/aromatic N) is 4. The third-order valence-electron chi connectivity index (χ3n) is 5.66. The Hall–Kier alpha value is -2.64. The van der Waals surface area contributed by atoms with Gasteiger partial charge in [0.05, 0.1) is 12.2 Å². The monoisotopic (exact) mass is 424 g/mol. The van der Waals surface area contributed by atoms with Crippen molar-refractivity contribution in [2.75, 3.05) is 18.4 Å². The lowest BCUT2D eigenvalue weighted by atomic mass is 10.1. The third kappa shape index (κ3) is 4.42. The molecule has 30 heavy (non-hydrogen) atoms. The molecular formula is C22H25ClN6O. The van der Waals surface area contributed by atoms with Crippen molar-refractivity contribution in [1.29, 1.82) is 0 Å². The van der Waals surface area contributed by atoms with Crippen LogP contribution in [0.25, 0.3) is 22.5 Å². The summed E-state index contributed by atoms with van der Waals surface area (Å²) in [6.07, 6.45) is 8.68. The Balaban J connectivity index is 1.51. The fourth-order valence-electron chi connectivity index (χ4n) is 3.92. The first-order valence-corrected chi connectivity index (χ1v) is 10.9. The van der Waals surface area contributed by atoms with E-state index in [2.05, 4.69) is 15.6 Å². The van der Waals surface area contributed by atoms with Crippen molar-refractivity contribution in [3.05, 3.63) is 41.7 Å². The van der Waals surface area contributed by atoms with Gasteiger partial charge in [0.2, 0.25) is 5.95 Å². The molecule has 2 fully saturated rings. The molecule has 3 aromatic rings. The van der Waals surface area contributed by atoms with E-state index in [4.69, 9.17) is 21.7 Å². The Morgan fingerprint density at radius 2 is 2.13 bits per heavy atom. The zero-order valence-electron chi connectivity index (χ0n) is 16.7. The summed E-state index contributed by atoms with van der Waals surface area (Å²) in [5, 5.41) is 22.2. The molecule has 1 saturated heterocycles. The molecule has 0 bridgehead atoms. The minimum atomic E-state index is 0.116. The molecule has 7 nitrogen and oxygen atoms in total. The fourth-order valence-corrected chi connectivity index (χ4v) is 4.15. The van der Waals surface area contributed by atoms with Gasteiger partial charge in [-0.15, -0.1) is 0 Å². The fraction of sp³-hybridized carbons (Fsp3) is 0.409. The summed E-state index contributed by atoms with van der Waals surface area (Å²) in [6.45, 7) is 2.75. The number of anilines is 1. The Morgan fingerprint density at radius 3 is 2.90 bits per heavy atom. The second-order valence-corrected chi connectivity index (χ2v) is 8.63. The number of aromatic nitrogens is 4. The number of halogens is 1. The van der Waals surface area contributed by atoms with E-state index in [-0.39, 0.29) is 5.75 Å². The first kappa shape index (κ1) is 19.3. The molecule has 2 aliphatic rings. The third-order valence-corrected chi connectivity index (χ3v) is 5.88. The van der Waals surface area contributed by atoms with Gasteiger partial charge < -0.3 is 15.7 Å². The lowest BCUT2D eigenvalue weighted by molar-refractivity contribution is 0.474. The molecule has 0 unspecified atom stereocenters. The number of benzene rings is 1. The number of phenolic OH excluding ortho intramolecular Hbond substituents is 1. The van der Waals surface area contributed by atoms with Crippen LogP contribution in [-0.4, -0.2) is 44.0 Å². The number of phenols is 1. The van der Waals surface area contributed by atoms with Crippen LogP contribution in [0.1, 0.15) is 25.7 Å². The second-order valence-electron chi connectivity index (χ2n) is 8.19. The lowest BCUT2D eigenvalue weighted by Gasteiger charge is -2.09. The standard InChI is InChI=1S/C22H25ClN6O/c23-16-8-15(9-18(30)10-16)21-19(13-29(28-21)12-17-2-1-6-24-17)20-5-7-25-22(27-20)26-11-14-3-4-14/h5,7-10,13-14,17,24,30H,1-4,6,11-12H2,(H,25,26,27)/t17-/m1/s1. The summed E-state index contributed by atoms with van der Waals surface area (Å²) in [4.78, 5) is 9.10. The van der Waals surface area contributed by atoms with Gasteiger partial charge in [-0.3, -0.25) is 4.68 Å². The molecule has 1 aliphatic heterocycles. The van der Waals surface area contributed by atoms with Crippen LogP contribution in [0.4, 0.5) is 5.95 Å². The minimum Gasteiger partial charge on any atom is -0.508 e. The van der Waals surface area contributed by atoms with Gasteiger partial charge in [-0.25, -0.2) is 9.97 Å². The molecule has 1 saturated carbocycles. The molecule has 1 aliphatic carbocycles. The Labute approximate surface area is 180 Å².